The maximum atomic E-state index is 12.4. The molecule has 5 heteroatoms. The minimum Gasteiger partial charge on any atom is -0.478 e. The Morgan fingerprint density at radius 3 is 2.33 bits per heavy atom. The predicted octanol–water partition coefficient (Wildman–Crippen LogP) is 3.59. The third kappa shape index (κ3) is 4.77. The van der Waals surface area contributed by atoms with Gasteiger partial charge in [-0.15, -0.1) is 0 Å². The Labute approximate surface area is 126 Å². The summed E-state index contributed by atoms with van der Waals surface area (Å²) >= 11 is 0. The Balaban J connectivity index is 2.98. The lowest BCUT2D eigenvalue weighted by atomic mass is 10.1. The normalized spacial score (nSPS) is 10.8. The molecule has 5 nitrogen and oxygen atoms in total. The minimum atomic E-state index is -1.05. The molecule has 0 saturated carbocycles. The van der Waals surface area contributed by atoms with Crippen molar-refractivity contribution < 1.29 is 14.7 Å². The number of rotatable bonds is 5. The van der Waals surface area contributed by atoms with Crippen LogP contribution in [0.3, 0.4) is 0 Å². The number of carboxylic acids is 1. The summed E-state index contributed by atoms with van der Waals surface area (Å²) in [6, 6.07) is 4.74. The van der Waals surface area contributed by atoms with Gasteiger partial charge in [0.1, 0.15) is 0 Å². The maximum Gasteiger partial charge on any atom is 0.337 e. The van der Waals surface area contributed by atoms with Crippen molar-refractivity contribution in [2.75, 3.05) is 11.9 Å². The van der Waals surface area contributed by atoms with Gasteiger partial charge in [-0.05, 0) is 38.8 Å². The average molecular weight is 292 g/mol. The number of amides is 2. The number of aryl methyl sites for hydroxylation is 1. The molecule has 0 aliphatic carbocycles. The van der Waals surface area contributed by atoms with E-state index < -0.39 is 5.97 Å². The Morgan fingerprint density at radius 2 is 1.86 bits per heavy atom. The van der Waals surface area contributed by atoms with Crippen LogP contribution in [0, 0.1) is 12.8 Å². The van der Waals surface area contributed by atoms with Gasteiger partial charge in [-0.1, -0.05) is 25.5 Å². The van der Waals surface area contributed by atoms with Crippen LogP contribution in [0.5, 0.6) is 0 Å². The maximum absolute atomic E-state index is 12.4. The molecule has 1 aromatic carbocycles. The zero-order valence-electron chi connectivity index (χ0n) is 13.3. The summed E-state index contributed by atoms with van der Waals surface area (Å²) in [5.74, 6) is -0.705. The highest BCUT2D eigenvalue weighted by Crippen LogP contribution is 2.19. The van der Waals surface area contributed by atoms with Crippen LogP contribution < -0.4 is 5.32 Å². The highest BCUT2D eigenvalue weighted by atomic mass is 16.4. The van der Waals surface area contributed by atoms with Crippen LogP contribution in [0.1, 0.15) is 43.6 Å². The highest BCUT2D eigenvalue weighted by molar-refractivity contribution is 6.00. The summed E-state index contributed by atoms with van der Waals surface area (Å²) in [5, 5.41) is 11.9. The third-order valence-corrected chi connectivity index (χ3v) is 3.09. The molecule has 0 aliphatic heterocycles. The van der Waals surface area contributed by atoms with Crippen LogP contribution in [0.4, 0.5) is 10.5 Å². The topological polar surface area (TPSA) is 69.6 Å². The second-order valence-corrected chi connectivity index (χ2v) is 5.92. The van der Waals surface area contributed by atoms with Gasteiger partial charge in [0.25, 0.3) is 0 Å². The molecule has 1 aromatic rings. The molecule has 2 amide bonds. The van der Waals surface area contributed by atoms with Crippen molar-refractivity contribution in [2.24, 2.45) is 5.92 Å². The molecule has 0 aromatic heterocycles. The monoisotopic (exact) mass is 292 g/mol. The molecule has 0 spiro atoms. The zero-order valence-corrected chi connectivity index (χ0v) is 13.3. The summed E-state index contributed by atoms with van der Waals surface area (Å²) in [6.45, 7) is 10.4. The Morgan fingerprint density at radius 1 is 1.24 bits per heavy atom. The van der Waals surface area contributed by atoms with Gasteiger partial charge in [0.2, 0.25) is 0 Å². The van der Waals surface area contributed by atoms with Crippen LogP contribution in [0.2, 0.25) is 0 Å². The number of nitrogens with one attached hydrogen (secondary N) is 1. The smallest absolute Gasteiger partial charge is 0.337 e. The number of aromatic carboxylic acids is 1. The number of carboxylic acid groups (broad SMARTS) is 1. The molecular weight excluding hydrogens is 268 g/mol. The van der Waals surface area contributed by atoms with Crippen molar-refractivity contribution in [2.45, 2.75) is 40.7 Å². The molecule has 0 fully saturated rings. The van der Waals surface area contributed by atoms with Gasteiger partial charge in [0, 0.05) is 12.6 Å². The molecule has 2 N–H and O–H groups in total. The number of benzene rings is 1. The van der Waals surface area contributed by atoms with E-state index in [1.165, 1.54) is 0 Å². The number of carbonyl (C=O) groups excluding carboxylic acids is 1. The lowest BCUT2D eigenvalue weighted by Crippen LogP contribution is -2.42. The summed E-state index contributed by atoms with van der Waals surface area (Å²) in [7, 11) is 0. The summed E-state index contributed by atoms with van der Waals surface area (Å²) in [6.07, 6.45) is 0. The molecule has 0 heterocycles. The van der Waals surface area contributed by atoms with E-state index in [2.05, 4.69) is 5.32 Å². The van der Waals surface area contributed by atoms with E-state index in [0.717, 1.165) is 5.56 Å². The molecule has 1 rings (SSSR count). The molecule has 116 valence electrons. The molecule has 21 heavy (non-hydrogen) atoms. The predicted molar refractivity (Wildman–Crippen MR) is 83.8 cm³/mol. The van der Waals surface area contributed by atoms with E-state index >= 15 is 0 Å². The second kappa shape index (κ2) is 7.11. The van der Waals surface area contributed by atoms with Gasteiger partial charge in [0.15, 0.2) is 0 Å². The quantitative estimate of drug-likeness (QED) is 0.871. The largest absolute Gasteiger partial charge is 0.478 e. The summed E-state index contributed by atoms with van der Waals surface area (Å²) < 4.78 is 0. The van der Waals surface area contributed by atoms with E-state index in [1.54, 1.807) is 23.1 Å². The average Bonchev–Trinajstić information content (AvgIpc) is 2.37. The van der Waals surface area contributed by atoms with Crippen molar-refractivity contribution in [3.63, 3.8) is 0 Å². The Bertz CT molecular complexity index is 524. The number of hydrogen-bond acceptors (Lipinski definition) is 2. The Hall–Kier alpha value is -2.04. The lowest BCUT2D eigenvalue weighted by Gasteiger charge is -2.28. The molecule has 0 aliphatic rings. The van der Waals surface area contributed by atoms with E-state index in [9.17, 15) is 14.7 Å². The highest BCUT2D eigenvalue weighted by Gasteiger charge is 2.20. The van der Waals surface area contributed by atoms with Gasteiger partial charge in [-0.25, -0.2) is 9.59 Å². The first-order valence-electron chi connectivity index (χ1n) is 7.14. The molecule has 0 saturated heterocycles. The minimum absolute atomic E-state index is 0.0473. The van der Waals surface area contributed by atoms with E-state index in [1.807, 2.05) is 34.6 Å². The molecule has 0 atom stereocenters. The van der Waals surface area contributed by atoms with Gasteiger partial charge < -0.3 is 15.3 Å². The van der Waals surface area contributed by atoms with Crippen molar-refractivity contribution >= 4 is 17.7 Å². The summed E-state index contributed by atoms with van der Waals surface area (Å²) in [4.78, 5) is 25.3. The summed E-state index contributed by atoms with van der Waals surface area (Å²) in [5.41, 5.74) is 1.28. The van der Waals surface area contributed by atoms with Crippen molar-refractivity contribution in [3.8, 4) is 0 Å². The van der Waals surface area contributed by atoms with Crippen LogP contribution in [0.25, 0.3) is 0 Å². The van der Waals surface area contributed by atoms with Gasteiger partial charge >= 0.3 is 12.0 Å². The van der Waals surface area contributed by atoms with Crippen molar-refractivity contribution in [1.29, 1.82) is 0 Å². The van der Waals surface area contributed by atoms with Crippen LogP contribution in [-0.4, -0.2) is 34.6 Å². The van der Waals surface area contributed by atoms with E-state index in [0.29, 0.717) is 18.2 Å². The fourth-order valence-corrected chi connectivity index (χ4v) is 2.05. The van der Waals surface area contributed by atoms with Crippen LogP contribution >= 0.6 is 0 Å². The van der Waals surface area contributed by atoms with Crippen molar-refractivity contribution in [1.82, 2.24) is 4.90 Å². The van der Waals surface area contributed by atoms with Gasteiger partial charge in [0.05, 0.1) is 11.3 Å². The van der Waals surface area contributed by atoms with E-state index in [4.69, 9.17) is 0 Å². The fraction of sp³-hybridized carbons (Fsp3) is 0.500. The number of anilines is 1. The molecular formula is C16H24N2O3. The number of carbonyl (C=O) groups is 2. The number of nitrogens with zero attached hydrogens (tertiary/aromatic N) is 1. The first-order valence-corrected chi connectivity index (χ1v) is 7.14. The van der Waals surface area contributed by atoms with Crippen LogP contribution in [0.15, 0.2) is 18.2 Å². The van der Waals surface area contributed by atoms with Crippen LogP contribution in [-0.2, 0) is 0 Å². The standard InChI is InChI=1S/C16H24N2O3/c1-10(2)9-18(11(3)4)16(21)17-14-7-6-12(5)8-13(14)15(19)20/h6-8,10-11H,9H2,1-5H3,(H,17,21)(H,19,20). The second-order valence-electron chi connectivity index (χ2n) is 5.92. The molecule has 0 bridgehead atoms. The Kier molecular flexibility index (Phi) is 5.76. The number of hydrogen-bond donors (Lipinski definition) is 2. The third-order valence-electron chi connectivity index (χ3n) is 3.09. The molecule has 0 unspecified atom stereocenters. The first kappa shape index (κ1) is 17.0. The zero-order chi connectivity index (χ0) is 16.2. The first-order chi connectivity index (χ1) is 9.72. The van der Waals surface area contributed by atoms with Crippen molar-refractivity contribution in [3.05, 3.63) is 29.3 Å². The van der Waals surface area contributed by atoms with Gasteiger partial charge in [-0.2, -0.15) is 0 Å². The SMILES string of the molecule is Cc1ccc(NC(=O)N(CC(C)C)C(C)C)c(C(=O)O)c1. The van der Waals surface area contributed by atoms with E-state index in [-0.39, 0.29) is 17.6 Å². The molecule has 0 radical (unpaired) electrons. The van der Waals surface area contributed by atoms with Gasteiger partial charge in [-0.3, -0.25) is 0 Å². The number of urea groups is 1. The lowest BCUT2D eigenvalue weighted by molar-refractivity contribution is 0.0698. The fourth-order valence-electron chi connectivity index (χ4n) is 2.05.